The maximum Gasteiger partial charge on any atom is 0.0859 e. The molecule has 0 radical (unpaired) electrons. The lowest BCUT2D eigenvalue weighted by atomic mass is 10.7. The van der Waals surface area contributed by atoms with E-state index in [-0.39, 0.29) is 0 Å². The number of hydrogen-bond donors (Lipinski definition) is 0. The molecule has 0 aromatic carbocycles. The average molecular weight is 414 g/mol. The van der Waals surface area contributed by atoms with Gasteiger partial charge in [-0.3, -0.25) is 0 Å². The van der Waals surface area contributed by atoms with Crippen molar-refractivity contribution in [3.63, 3.8) is 0 Å². The van der Waals surface area contributed by atoms with Crippen molar-refractivity contribution in [3.05, 3.63) is 0 Å². The highest BCUT2D eigenvalue weighted by Crippen LogP contribution is 2.08. The third-order valence-electron chi connectivity index (χ3n) is 1.19. The van der Waals surface area contributed by atoms with Crippen LogP contribution in [0.25, 0.3) is 0 Å². The molecule has 0 aromatic heterocycles. The van der Waals surface area contributed by atoms with E-state index < -0.39 is 0 Å². The van der Waals surface area contributed by atoms with E-state index in [0.717, 1.165) is 13.2 Å². The molecule has 3 nitrogen and oxygen atoms in total. The molecular weight excluding hydrogens is 398 g/mol. The topological polar surface area (TPSA) is 27.7 Å². The van der Waals surface area contributed by atoms with Gasteiger partial charge in [-0.25, -0.2) is 0 Å². The zero-order chi connectivity index (χ0) is 9.94. The van der Waals surface area contributed by atoms with Gasteiger partial charge in [-0.05, 0) is 6.92 Å². The van der Waals surface area contributed by atoms with Gasteiger partial charge in [0.15, 0.2) is 0 Å². The van der Waals surface area contributed by atoms with Crippen LogP contribution in [0.2, 0.25) is 0 Å². The van der Waals surface area contributed by atoms with Crippen molar-refractivity contribution in [3.8, 4) is 0 Å². The third-order valence-corrected chi connectivity index (χ3v) is 1.91. The average Bonchev–Trinajstić information content (AvgIpc) is 2.09. The molecular formula is C8H16I2O3. The molecule has 13 heavy (non-hydrogen) atoms. The molecule has 80 valence electrons. The molecule has 0 atom stereocenters. The summed E-state index contributed by atoms with van der Waals surface area (Å²) in [5.41, 5.74) is 0. The Kier molecular flexibility index (Phi) is 12.6. The Bertz CT molecular complexity index is 101. The third kappa shape index (κ3) is 13.3. The standard InChI is InChI=1S/C8H16I2O3/c1-2-11-3-4-12-5-6-13-7-8(9)10/h8H,2-7H2,1H3. The molecule has 0 saturated heterocycles. The van der Waals surface area contributed by atoms with Gasteiger partial charge in [0.05, 0.1) is 35.0 Å². The monoisotopic (exact) mass is 414 g/mol. The number of ether oxygens (including phenoxy) is 3. The second kappa shape index (κ2) is 11.4. The highest BCUT2D eigenvalue weighted by atomic mass is 127. The van der Waals surface area contributed by atoms with Crippen LogP contribution in [0.1, 0.15) is 6.92 Å². The maximum atomic E-state index is 5.32. The summed E-state index contributed by atoms with van der Waals surface area (Å²) >= 11 is 4.65. The largest absolute Gasteiger partial charge is 0.379 e. The summed E-state index contributed by atoms with van der Waals surface area (Å²) in [7, 11) is 0. The number of alkyl halides is 2. The second-order valence-electron chi connectivity index (χ2n) is 2.28. The Morgan fingerprint density at radius 3 is 2.00 bits per heavy atom. The van der Waals surface area contributed by atoms with Gasteiger partial charge in [0.2, 0.25) is 0 Å². The Morgan fingerprint density at radius 2 is 1.46 bits per heavy atom. The van der Waals surface area contributed by atoms with Crippen molar-refractivity contribution in [1.29, 1.82) is 0 Å². The zero-order valence-electron chi connectivity index (χ0n) is 7.80. The molecule has 0 aliphatic carbocycles. The zero-order valence-corrected chi connectivity index (χ0v) is 12.1. The lowest BCUT2D eigenvalue weighted by Gasteiger charge is -2.06. The summed E-state index contributed by atoms with van der Waals surface area (Å²) < 4.78 is 16.2. The lowest BCUT2D eigenvalue weighted by molar-refractivity contribution is 0.0199. The minimum atomic E-state index is 0.540. The maximum absolute atomic E-state index is 5.32. The lowest BCUT2D eigenvalue weighted by Crippen LogP contribution is -2.11. The second-order valence-corrected chi connectivity index (χ2v) is 7.67. The Morgan fingerprint density at radius 1 is 0.923 bits per heavy atom. The van der Waals surface area contributed by atoms with Crippen LogP contribution in [-0.4, -0.2) is 41.6 Å². The van der Waals surface area contributed by atoms with E-state index in [0.29, 0.717) is 28.4 Å². The van der Waals surface area contributed by atoms with Crippen LogP contribution in [0, 0.1) is 0 Å². The summed E-state index contributed by atoms with van der Waals surface area (Å²) in [5, 5.41) is 0. The van der Waals surface area contributed by atoms with Crippen molar-refractivity contribution in [2.45, 2.75) is 8.86 Å². The number of rotatable bonds is 9. The molecule has 0 saturated carbocycles. The fourth-order valence-electron chi connectivity index (χ4n) is 0.655. The first-order valence-corrected chi connectivity index (χ1v) is 6.78. The van der Waals surface area contributed by atoms with Gasteiger partial charge >= 0.3 is 0 Å². The summed E-state index contributed by atoms with van der Waals surface area (Å²) in [4.78, 5) is 0. The van der Waals surface area contributed by atoms with Gasteiger partial charge < -0.3 is 14.2 Å². The molecule has 0 heterocycles. The fraction of sp³-hybridized carbons (Fsp3) is 1.00. The van der Waals surface area contributed by atoms with Crippen LogP contribution >= 0.6 is 45.2 Å². The first-order chi connectivity index (χ1) is 6.27. The van der Waals surface area contributed by atoms with Gasteiger partial charge in [0.25, 0.3) is 0 Å². The minimum absolute atomic E-state index is 0.540. The fourth-order valence-corrected chi connectivity index (χ4v) is 1.16. The van der Waals surface area contributed by atoms with Crippen molar-refractivity contribution in [2.24, 2.45) is 0 Å². The van der Waals surface area contributed by atoms with Gasteiger partial charge in [0.1, 0.15) is 0 Å². The SMILES string of the molecule is CCOCCOCCOCC(I)I. The molecule has 0 unspecified atom stereocenters. The first kappa shape index (κ1) is 14.3. The van der Waals surface area contributed by atoms with Crippen LogP contribution < -0.4 is 0 Å². The minimum Gasteiger partial charge on any atom is -0.379 e. The van der Waals surface area contributed by atoms with Gasteiger partial charge in [0, 0.05) is 6.61 Å². The highest BCUT2D eigenvalue weighted by molar-refractivity contribution is 14.2. The Hall–Kier alpha value is 1.34. The molecule has 0 aromatic rings. The van der Waals surface area contributed by atoms with Crippen LogP contribution in [0.3, 0.4) is 0 Å². The van der Waals surface area contributed by atoms with Gasteiger partial charge in [-0.15, -0.1) is 0 Å². The van der Waals surface area contributed by atoms with Crippen molar-refractivity contribution >= 4 is 45.2 Å². The van der Waals surface area contributed by atoms with Crippen molar-refractivity contribution < 1.29 is 14.2 Å². The van der Waals surface area contributed by atoms with Gasteiger partial charge in [-0.1, -0.05) is 45.2 Å². The van der Waals surface area contributed by atoms with E-state index in [1.807, 2.05) is 6.92 Å². The van der Waals surface area contributed by atoms with E-state index in [4.69, 9.17) is 14.2 Å². The van der Waals surface area contributed by atoms with Crippen LogP contribution in [0.5, 0.6) is 0 Å². The summed E-state index contributed by atoms with van der Waals surface area (Å²) in [6.07, 6.45) is 0. The van der Waals surface area contributed by atoms with Crippen LogP contribution in [0.4, 0.5) is 0 Å². The summed E-state index contributed by atoms with van der Waals surface area (Å²) in [6.45, 7) is 6.19. The molecule has 5 heteroatoms. The van der Waals surface area contributed by atoms with E-state index in [1.165, 1.54) is 0 Å². The molecule has 0 amide bonds. The van der Waals surface area contributed by atoms with E-state index in [9.17, 15) is 0 Å². The molecule has 0 aliphatic heterocycles. The summed E-state index contributed by atoms with van der Waals surface area (Å²) in [5.74, 6) is 0. The molecule has 0 aliphatic rings. The number of hydrogen-bond acceptors (Lipinski definition) is 3. The first-order valence-electron chi connectivity index (χ1n) is 4.28. The summed E-state index contributed by atoms with van der Waals surface area (Å²) in [6, 6.07) is 0. The van der Waals surface area contributed by atoms with Crippen LogP contribution in [0.15, 0.2) is 0 Å². The normalized spacial score (nSPS) is 11.1. The molecule has 0 fully saturated rings. The van der Waals surface area contributed by atoms with Crippen molar-refractivity contribution in [1.82, 2.24) is 0 Å². The smallest absolute Gasteiger partial charge is 0.0859 e. The predicted molar refractivity (Wildman–Crippen MR) is 70.0 cm³/mol. The Labute approximate surface area is 107 Å². The molecule has 0 bridgehead atoms. The van der Waals surface area contributed by atoms with E-state index >= 15 is 0 Å². The van der Waals surface area contributed by atoms with E-state index in [1.54, 1.807) is 0 Å². The van der Waals surface area contributed by atoms with Crippen molar-refractivity contribution in [2.75, 3.05) is 39.6 Å². The quantitative estimate of drug-likeness (QED) is 0.329. The van der Waals surface area contributed by atoms with E-state index in [2.05, 4.69) is 45.2 Å². The predicted octanol–water partition coefficient (Wildman–Crippen LogP) is 2.25. The Balaban J connectivity index is 2.84. The molecule has 0 rings (SSSR count). The molecule has 0 N–H and O–H groups in total. The van der Waals surface area contributed by atoms with Crippen LogP contribution in [-0.2, 0) is 14.2 Å². The highest BCUT2D eigenvalue weighted by Gasteiger charge is 1.96. The van der Waals surface area contributed by atoms with Gasteiger partial charge in [-0.2, -0.15) is 0 Å². The molecule has 0 spiro atoms. The number of halogens is 2.